The van der Waals surface area contributed by atoms with E-state index in [-0.39, 0.29) is 0 Å². The normalized spacial score (nSPS) is 10.8. The molecule has 0 aliphatic heterocycles. The predicted molar refractivity (Wildman–Crippen MR) is 114 cm³/mol. The Bertz CT molecular complexity index is 622. The quantitative estimate of drug-likeness (QED) is 0.439. The lowest BCUT2D eigenvalue weighted by Gasteiger charge is -2.15. The van der Waals surface area contributed by atoms with Crippen LogP contribution in [0.25, 0.3) is 0 Å². The van der Waals surface area contributed by atoms with Gasteiger partial charge in [0.25, 0.3) is 0 Å². The summed E-state index contributed by atoms with van der Waals surface area (Å²) < 4.78 is 5.79. The fourth-order valence-corrected chi connectivity index (χ4v) is 2.95. The number of nitrogens with one attached hydrogen (secondary N) is 2. The fourth-order valence-electron chi connectivity index (χ4n) is 2.95. The first-order chi connectivity index (χ1) is 12.7. The number of para-hydroxylation sites is 1. The maximum absolute atomic E-state index is 5.79. The van der Waals surface area contributed by atoms with Crippen LogP contribution in [0.1, 0.15) is 57.9 Å². The van der Waals surface area contributed by atoms with Crippen molar-refractivity contribution in [3.63, 3.8) is 0 Å². The van der Waals surface area contributed by atoms with Gasteiger partial charge in [-0.05, 0) is 48.2 Å². The van der Waals surface area contributed by atoms with E-state index in [1.54, 1.807) is 0 Å². The molecule has 0 unspecified atom stereocenters. The highest BCUT2D eigenvalue weighted by atomic mass is 16.5. The third-order valence-corrected chi connectivity index (χ3v) is 4.47. The molecule has 0 radical (unpaired) electrons. The van der Waals surface area contributed by atoms with Gasteiger partial charge >= 0.3 is 0 Å². The molecule has 2 rings (SSSR count). The molecule has 142 valence electrons. The van der Waals surface area contributed by atoms with Crippen LogP contribution >= 0.6 is 0 Å². The summed E-state index contributed by atoms with van der Waals surface area (Å²) in [7, 11) is 0. The van der Waals surface area contributed by atoms with Crippen molar-refractivity contribution in [2.24, 2.45) is 0 Å². The second-order valence-electron chi connectivity index (χ2n) is 7.03. The Kier molecular flexibility index (Phi) is 8.88. The van der Waals surface area contributed by atoms with Gasteiger partial charge in [0.05, 0.1) is 6.61 Å². The highest BCUT2D eigenvalue weighted by molar-refractivity contribution is 5.53. The average molecular weight is 355 g/mol. The van der Waals surface area contributed by atoms with Gasteiger partial charge in [-0.3, -0.25) is 0 Å². The van der Waals surface area contributed by atoms with Crippen molar-refractivity contribution in [1.82, 2.24) is 0 Å². The largest absolute Gasteiger partial charge is 0.494 e. The molecule has 3 nitrogen and oxygen atoms in total. The second-order valence-corrected chi connectivity index (χ2v) is 7.03. The highest BCUT2D eigenvalue weighted by Crippen LogP contribution is 2.23. The molecule has 0 aliphatic rings. The first-order valence-corrected chi connectivity index (χ1v) is 10.00. The van der Waals surface area contributed by atoms with E-state index in [1.807, 2.05) is 12.1 Å². The molecule has 0 fully saturated rings. The summed E-state index contributed by atoms with van der Waals surface area (Å²) in [5.41, 5.74) is 3.73. The summed E-state index contributed by atoms with van der Waals surface area (Å²) in [5, 5.41) is 6.99. The van der Waals surface area contributed by atoms with Crippen molar-refractivity contribution in [3.8, 4) is 5.75 Å². The van der Waals surface area contributed by atoms with Crippen molar-refractivity contribution < 1.29 is 4.74 Å². The molecule has 0 spiro atoms. The summed E-state index contributed by atoms with van der Waals surface area (Å²) in [6.07, 6.45) is 4.95. The van der Waals surface area contributed by atoms with E-state index < -0.39 is 0 Å². The third-order valence-electron chi connectivity index (χ3n) is 4.47. The van der Waals surface area contributed by atoms with E-state index in [2.05, 4.69) is 67.8 Å². The van der Waals surface area contributed by atoms with Crippen molar-refractivity contribution in [2.45, 2.75) is 52.4 Å². The molecule has 2 N–H and O–H groups in total. The van der Waals surface area contributed by atoms with Crippen LogP contribution in [0.15, 0.2) is 48.5 Å². The Morgan fingerprint density at radius 1 is 0.846 bits per heavy atom. The van der Waals surface area contributed by atoms with E-state index in [0.717, 1.165) is 37.6 Å². The predicted octanol–water partition coefficient (Wildman–Crippen LogP) is 6.29. The lowest BCUT2D eigenvalue weighted by atomic mass is 10.0. The Morgan fingerprint density at radius 2 is 1.58 bits per heavy atom. The number of benzene rings is 2. The van der Waals surface area contributed by atoms with Crippen LogP contribution in [0.3, 0.4) is 0 Å². The number of unbranched alkanes of at least 4 members (excludes halogenated alkanes) is 3. The van der Waals surface area contributed by atoms with Gasteiger partial charge in [-0.1, -0.05) is 58.2 Å². The molecular weight excluding hydrogens is 320 g/mol. The summed E-state index contributed by atoms with van der Waals surface area (Å²) in [6, 6.07) is 16.8. The Labute approximate surface area is 159 Å². The molecule has 2 aromatic rings. The monoisotopic (exact) mass is 354 g/mol. The van der Waals surface area contributed by atoms with Crippen LogP contribution in [-0.4, -0.2) is 19.7 Å². The minimum absolute atomic E-state index is 0.529. The Balaban J connectivity index is 1.68. The molecule has 0 amide bonds. The van der Waals surface area contributed by atoms with E-state index in [4.69, 9.17) is 4.74 Å². The van der Waals surface area contributed by atoms with Crippen molar-refractivity contribution >= 4 is 11.4 Å². The summed E-state index contributed by atoms with van der Waals surface area (Å²) >= 11 is 0. The third kappa shape index (κ3) is 6.99. The van der Waals surface area contributed by atoms with Crippen LogP contribution in [0, 0.1) is 0 Å². The SMILES string of the molecule is CCCCCCOc1ccc(NCCNc2ccccc2C(C)C)cc1. The highest BCUT2D eigenvalue weighted by Gasteiger charge is 2.04. The summed E-state index contributed by atoms with van der Waals surface area (Å²) in [4.78, 5) is 0. The molecule has 0 bridgehead atoms. The van der Waals surface area contributed by atoms with Crippen LogP contribution in [0.2, 0.25) is 0 Å². The van der Waals surface area contributed by atoms with E-state index in [1.165, 1.54) is 30.5 Å². The van der Waals surface area contributed by atoms with Crippen LogP contribution in [0.4, 0.5) is 11.4 Å². The number of ether oxygens (including phenoxy) is 1. The van der Waals surface area contributed by atoms with Gasteiger partial charge in [-0.15, -0.1) is 0 Å². The Hall–Kier alpha value is -2.16. The first-order valence-electron chi connectivity index (χ1n) is 10.00. The zero-order chi connectivity index (χ0) is 18.6. The molecule has 0 heterocycles. The van der Waals surface area contributed by atoms with E-state index in [0.29, 0.717) is 5.92 Å². The number of anilines is 2. The van der Waals surface area contributed by atoms with Gasteiger partial charge in [0, 0.05) is 24.5 Å². The molecule has 0 saturated heterocycles. The molecular formula is C23H34N2O. The molecule has 2 aromatic carbocycles. The topological polar surface area (TPSA) is 33.3 Å². The molecule has 3 heteroatoms. The van der Waals surface area contributed by atoms with Crippen LogP contribution < -0.4 is 15.4 Å². The first kappa shape index (κ1) is 20.2. The number of hydrogen-bond donors (Lipinski definition) is 2. The fraction of sp³-hybridized carbons (Fsp3) is 0.478. The zero-order valence-corrected chi connectivity index (χ0v) is 16.6. The van der Waals surface area contributed by atoms with Crippen LogP contribution in [-0.2, 0) is 0 Å². The zero-order valence-electron chi connectivity index (χ0n) is 16.6. The minimum Gasteiger partial charge on any atom is -0.494 e. The van der Waals surface area contributed by atoms with Gasteiger partial charge < -0.3 is 15.4 Å². The molecule has 0 atom stereocenters. The molecule has 26 heavy (non-hydrogen) atoms. The van der Waals surface area contributed by atoms with Gasteiger partial charge in [-0.25, -0.2) is 0 Å². The maximum Gasteiger partial charge on any atom is 0.119 e. The average Bonchev–Trinajstić information content (AvgIpc) is 2.66. The lowest BCUT2D eigenvalue weighted by Crippen LogP contribution is -2.14. The van der Waals surface area contributed by atoms with Crippen molar-refractivity contribution in [2.75, 3.05) is 30.3 Å². The standard InChI is InChI=1S/C23H34N2O/c1-4-5-6-9-18-26-21-14-12-20(13-15-21)24-16-17-25-23-11-8-7-10-22(23)19(2)3/h7-8,10-15,19,24-25H,4-6,9,16-18H2,1-3H3. The lowest BCUT2D eigenvalue weighted by molar-refractivity contribution is 0.305. The van der Waals surface area contributed by atoms with Gasteiger partial charge in [0.1, 0.15) is 5.75 Å². The maximum atomic E-state index is 5.79. The smallest absolute Gasteiger partial charge is 0.119 e. The van der Waals surface area contributed by atoms with Gasteiger partial charge in [0.15, 0.2) is 0 Å². The summed E-state index contributed by atoms with van der Waals surface area (Å²) in [6.45, 7) is 9.26. The van der Waals surface area contributed by atoms with Crippen molar-refractivity contribution in [3.05, 3.63) is 54.1 Å². The number of hydrogen-bond acceptors (Lipinski definition) is 3. The van der Waals surface area contributed by atoms with Crippen LogP contribution in [0.5, 0.6) is 5.75 Å². The molecule has 0 saturated carbocycles. The van der Waals surface area contributed by atoms with E-state index >= 15 is 0 Å². The minimum atomic E-state index is 0.529. The second kappa shape index (κ2) is 11.5. The van der Waals surface area contributed by atoms with Crippen molar-refractivity contribution in [1.29, 1.82) is 0 Å². The van der Waals surface area contributed by atoms with Gasteiger partial charge in [-0.2, -0.15) is 0 Å². The molecule has 0 aromatic heterocycles. The summed E-state index contributed by atoms with van der Waals surface area (Å²) in [5.74, 6) is 1.48. The van der Waals surface area contributed by atoms with E-state index in [9.17, 15) is 0 Å². The molecule has 0 aliphatic carbocycles. The van der Waals surface area contributed by atoms with Gasteiger partial charge in [0.2, 0.25) is 0 Å². The number of rotatable bonds is 12. The Morgan fingerprint density at radius 3 is 2.31 bits per heavy atom.